The molecule has 1 aromatic heterocycles. The van der Waals surface area contributed by atoms with E-state index >= 15 is 0 Å². The largest absolute Gasteiger partial charge is 0.491 e. The number of ether oxygens (including phenoxy) is 1. The minimum absolute atomic E-state index is 0.00244. The van der Waals surface area contributed by atoms with E-state index in [1.807, 2.05) is 78.9 Å². The number of aromatic nitrogens is 1. The van der Waals surface area contributed by atoms with Crippen molar-refractivity contribution in [3.63, 3.8) is 0 Å². The molecule has 2 heterocycles. The number of fused-ring (bicyclic) bond motifs is 1. The van der Waals surface area contributed by atoms with Crippen LogP contribution in [0.1, 0.15) is 33.6 Å². The number of Topliss-reactive ketones (excluding diaryl/α,β-unsaturated/α-hetero) is 2. The van der Waals surface area contributed by atoms with Gasteiger partial charge in [0.2, 0.25) is 0 Å². The third kappa shape index (κ3) is 5.26. The van der Waals surface area contributed by atoms with Gasteiger partial charge >= 0.3 is 0 Å². The van der Waals surface area contributed by atoms with Crippen molar-refractivity contribution in [3.05, 3.63) is 90.0 Å². The Morgan fingerprint density at radius 1 is 0.971 bits per heavy atom. The molecule has 1 aliphatic rings. The molecule has 3 aromatic carbocycles. The lowest BCUT2D eigenvalue weighted by atomic mass is 9.88. The smallest absolute Gasteiger partial charge is 0.183 e. The molecule has 0 radical (unpaired) electrons. The van der Waals surface area contributed by atoms with Crippen LogP contribution >= 0.6 is 11.3 Å². The van der Waals surface area contributed by atoms with Crippen LogP contribution in [-0.4, -0.2) is 47.2 Å². The molecule has 0 spiro atoms. The first kappa shape index (κ1) is 23.2. The van der Waals surface area contributed by atoms with Crippen LogP contribution in [-0.2, 0) is 0 Å². The summed E-state index contributed by atoms with van der Waals surface area (Å²) in [6, 6.07) is 24.0. The Labute approximate surface area is 208 Å². The van der Waals surface area contributed by atoms with Gasteiger partial charge in [-0.2, -0.15) is 0 Å². The zero-order valence-electron chi connectivity index (χ0n) is 19.3. The zero-order chi connectivity index (χ0) is 24.2. The van der Waals surface area contributed by atoms with E-state index in [1.54, 1.807) is 0 Å². The second kappa shape index (κ2) is 10.4. The van der Waals surface area contributed by atoms with Crippen LogP contribution in [0.3, 0.4) is 0 Å². The second-order valence-corrected chi connectivity index (χ2v) is 9.84. The predicted molar refractivity (Wildman–Crippen MR) is 139 cm³/mol. The fraction of sp³-hybridized carbons (Fsp3) is 0.250. The lowest BCUT2D eigenvalue weighted by Gasteiger charge is -2.36. The first-order valence-electron chi connectivity index (χ1n) is 11.8. The Bertz CT molecular complexity index is 1320. The Kier molecular flexibility index (Phi) is 6.88. The van der Waals surface area contributed by atoms with Crippen molar-refractivity contribution in [1.29, 1.82) is 0 Å². The number of hydrogen-bond acceptors (Lipinski definition) is 7. The quantitative estimate of drug-likeness (QED) is 0.349. The van der Waals surface area contributed by atoms with Crippen molar-refractivity contribution < 1.29 is 14.3 Å². The molecule has 0 amide bonds. The molecule has 178 valence electrons. The van der Waals surface area contributed by atoms with E-state index in [9.17, 15) is 9.59 Å². The Morgan fingerprint density at radius 3 is 2.37 bits per heavy atom. The zero-order valence-corrected chi connectivity index (χ0v) is 20.1. The maximum Gasteiger partial charge on any atom is 0.183 e. The molecule has 4 aromatic rings. The number of likely N-dealkylation sites (tertiary alicyclic amines) is 1. The first-order valence-corrected chi connectivity index (χ1v) is 12.6. The van der Waals surface area contributed by atoms with Gasteiger partial charge < -0.3 is 10.5 Å². The number of nitrogen functional groups attached to an aromatic ring is 1. The fourth-order valence-corrected chi connectivity index (χ4v) is 5.41. The van der Waals surface area contributed by atoms with E-state index < -0.39 is 6.04 Å². The third-order valence-corrected chi connectivity index (χ3v) is 7.39. The number of nitrogens with zero attached hydrogens (tertiary/aromatic N) is 2. The number of nitrogens with two attached hydrogens (primary N) is 1. The van der Waals surface area contributed by atoms with E-state index in [0.717, 1.165) is 21.5 Å². The fourth-order valence-electron chi connectivity index (χ4n) is 4.64. The molecule has 1 saturated heterocycles. The topological polar surface area (TPSA) is 85.5 Å². The van der Waals surface area contributed by atoms with Crippen molar-refractivity contribution in [3.8, 4) is 5.75 Å². The number of piperidine rings is 1. The summed E-state index contributed by atoms with van der Waals surface area (Å²) in [6.45, 7) is 1.56. The molecular formula is C28H27N3O3S. The van der Waals surface area contributed by atoms with Crippen LogP contribution < -0.4 is 10.5 Å². The minimum Gasteiger partial charge on any atom is -0.491 e. The highest BCUT2D eigenvalue weighted by Gasteiger charge is 2.33. The second-order valence-electron chi connectivity index (χ2n) is 8.78. The lowest BCUT2D eigenvalue weighted by Crippen LogP contribution is -2.49. The molecule has 0 aliphatic carbocycles. The number of benzene rings is 3. The van der Waals surface area contributed by atoms with Crippen LogP contribution in [0.5, 0.6) is 5.75 Å². The maximum atomic E-state index is 13.7. The van der Waals surface area contributed by atoms with E-state index in [-0.39, 0.29) is 24.1 Å². The van der Waals surface area contributed by atoms with E-state index in [1.165, 1.54) is 11.3 Å². The Balaban J connectivity index is 1.33. The van der Waals surface area contributed by atoms with Crippen LogP contribution in [0.4, 0.5) is 5.13 Å². The number of rotatable bonds is 8. The lowest BCUT2D eigenvalue weighted by molar-refractivity contribution is 0.0595. The molecule has 35 heavy (non-hydrogen) atoms. The van der Waals surface area contributed by atoms with Gasteiger partial charge in [0.25, 0.3) is 0 Å². The summed E-state index contributed by atoms with van der Waals surface area (Å²) < 4.78 is 6.93. The molecule has 1 fully saturated rings. The van der Waals surface area contributed by atoms with E-state index in [0.29, 0.717) is 36.6 Å². The summed E-state index contributed by atoms with van der Waals surface area (Å²) in [5, 5.41) is 0.485. The highest BCUT2D eigenvalue weighted by atomic mass is 32.1. The summed E-state index contributed by atoms with van der Waals surface area (Å²) >= 11 is 1.37. The highest BCUT2D eigenvalue weighted by Crippen LogP contribution is 2.28. The number of para-hydroxylation sites is 1. The van der Waals surface area contributed by atoms with Crippen LogP contribution in [0.2, 0.25) is 0 Å². The van der Waals surface area contributed by atoms with Gasteiger partial charge in [-0.1, -0.05) is 59.9 Å². The standard InChI is InChI=1S/C28H27N3O3S/c29-28-30-23-12-11-21(17-25(23)35-28)27(33)24(18-34-22-9-5-2-6-10-22)31-15-13-20(14-16-31)26(32)19-7-3-1-4-8-19/h1-12,17,20,24H,13-16,18H2,(H2,29,30). The maximum absolute atomic E-state index is 13.7. The van der Waals surface area contributed by atoms with Crippen LogP contribution in [0, 0.1) is 5.92 Å². The summed E-state index contributed by atoms with van der Waals surface area (Å²) in [6.07, 6.45) is 1.43. The molecular weight excluding hydrogens is 458 g/mol. The summed E-state index contributed by atoms with van der Waals surface area (Å²) in [5.74, 6) is 0.880. The van der Waals surface area contributed by atoms with Gasteiger partial charge in [0, 0.05) is 17.0 Å². The normalized spacial score (nSPS) is 15.7. The molecule has 5 rings (SSSR count). The SMILES string of the molecule is Nc1nc2ccc(C(=O)C(COc3ccccc3)N3CCC(C(=O)c4ccccc4)CC3)cc2s1. The number of carbonyl (C=O) groups excluding carboxylic acids is 2. The predicted octanol–water partition coefficient (Wildman–Crippen LogP) is 5.10. The summed E-state index contributed by atoms with van der Waals surface area (Å²) in [4.78, 5) is 33.1. The van der Waals surface area contributed by atoms with Gasteiger partial charge in [-0.25, -0.2) is 4.98 Å². The molecule has 1 unspecified atom stereocenters. The molecule has 0 bridgehead atoms. The number of hydrogen-bond donors (Lipinski definition) is 1. The van der Waals surface area contributed by atoms with Crippen molar-refractivity contribution in [2.75, 3.05) is 25.4 Å². The Morgan fingerprint density at radius 2 is 1.66 bits per heavy atom. The molecule has 0 saturated carbocycles. The van der Waals surface area contributed by atoms with Crippen LogP contribution in [0.15, 0.2) is 78.9 Å². The Hall–Kier alpha value is -3.55. The van der Waals surface area contributed by atoms with Crippen molar-refractivity contribution in [2.45, 2.75) is 18.9 Å². The van der Waals surface area contributed by atoms with Crippen LogP contribution in [0.25, 0.3) is 10.2 Å². The van der Waals surface area contributed by atoms with E-state index in [4.69, 9.17) is 10.5 Å². The van der Waals surface area contributed by atoms with Gasteiger partial charge in [0.05, 0.1) is 10.2 Å². The monoisotopic (exact) mass is 485 g/mol. The average molecular weight is 486 g/mol. The van der Waals surface area contributed by atoms with Gasteiger partial charge in [-0.05, 0) is 56.3 Å². The molecule has 7 heteroatoms. The molecule has 6 nitrogen and oxygen atoms in total. The number of ketones is 2. The highest BCUT2D eigenvalue weighted by molar-refractivity contribution is 7.22. The van der Waals surface area contributed by atoms with Gasteiger partial charge in [-0.3, -0.25) is 14.5 Å². The number of carbonyl (C=O) groups is 2. The number of thiazole rings is 1. The summed E-state index contributed by atoms with van der Waals surface area (Å²) in [5.41, 5.74) is 8.01. The third-order valence-electron chi connectivity index (χ3n) is 6.54. The van der Waals surface area contributed by atoms with Gasteiger partial charge in [0.15, 0.2) is 16.7 Å². The summed E-state index contributed by atoms with van der Waals surface area (Å²) in [7, 11) is 0. The van der Waals surface area contributed by atoms with Gasteiger partial charge in [-0.15, -0.1) is 0 Å². The molecule has 2 N–H and O–H groups in total. The van der Waals surface area contributed by atoms with Crippen molar-refractivity contribution >= 4 is 38.3 Å². The molecule has 1 atom stereocenters. The van der Waals surface area contributed by atoms with Crippen molar-refractivity contribution in [1.82, 2.24) is 9.88 Å². The minimum atomic E-state index is -0.453. The van der Waals surface area contributed by atoms with Crippen molar-refractivity contribution in [2.24, 2.45) is 5.92 Å². The first-order chi connectivity index (χ1) is 17.1. The molecule has 1 aliphatic heterocycles. The number of anilines is 1. The average Bonchev–Trinajstić information content (AvgIpc) is 3.29. The van der Waals surface area contributed by atoms with E-state index in [2.05, 4.69) is 9.88 Å². The van der Waals surface area contributed by atoms with Gasteiger partial charge in [0.1, 0.15) is 18.4 Å².